The molecule has 0 heterocycles. The van der Waals surface area contributed by atoms with Gasteiger partial charge >= 0.3 is 0 Å². The molecule has 4 heteroatoms. The van der Waals surface area contributed by atoms with Crippen molar-refractivity contribution >= 4 is 5.91 Å². The molecule has 2 rings (SSSR count). The normalized spacial score (nSPS) is 14.5. The minimum Gasteiger partial charge on any atom is -0.483 e. The van der Waals surface area contributed by atoms with Gasteiger partial charge in [0.1, 0.15) is 5.75 Å². The third-order valence-electron chi connectivity index (χ3n) is 2.98. The Morgan fingerprint density at radius 2 is 2.18 bits per heavy atom. The van der Waals surface area contributed by atoms with Crippen molar-refractivity contribution in [2.45, 2.75) is 25.5 Å². The van der Waals surface area contributed by atoms with Crippen LogP contribution in [-0.2, 0) is 11.4 Å². The highest BCUT2D eigenvalue weighted by Crippen LogP contribution is 2.25. The summed E-state index contributed by atoms with van der Waals surface area (Å²) in [5, 5.41) is 9.12. The number of carbonyl (C=O) groups is 1. The molecule has 1 aliphatic rings. The van der Waals surface area contributed by atoms with Crippen molar-refractivity contribution in [2.75, 3.05) is 13.7 Å². The van der Waals surface area contributed by atoms with E-state index in [2.05, 4.69) is 0 Å². The molecule has 1 fully saturated rings. The van der Waals surface area contributed by atoms with Crippen molar-refractivity contribution in [1.82, 2.24) is 4.90 Å². The molecule has 0 bridgehead atoms. The van der Waals surface area contributed by atoms with Crippen LogP contribution in [0.25, 0.3) is 0 Å². The van der Waals surface area contributed by atoms with Gasteiger partial charge in [-0.05, 0) is 18.9 Å². The zero-order chi connectivity index (χ0) is 12.3. The summed E-state index contributed by atoms with van der Waals surface area (Å²) in [7, 11) is 1.81. The second-order valence-electron chi connectivity index (χ2n) is 4.29. The summed E-state index contributed by atoms with van der Waals surface area (Å²) in [6.45, 7) is -0.0488. The predicted octanol–water partition coefficient (Wildman–Crippen LogP) is 1.18. The van der Waals surface area contributed by atoms with Crippen LogP contribution in [0.1, 0.15) is 18.4 Å². The largest absolute Gasteiger partial charge is 0.483 e. The molecule has 0 atom stereocenters. The van der Waals surface area contributed by atoms with Crippen LogP contribution in [0.4, 0.5) is 0 Å². The van der Waals surface area contributed by atoms with Crippen LogP contribution in [0.2, 0.25) is 0 Å². The number of amides is 1. The van der Waals surface area contributed by atoms with Crippen LogP contribution < -0.4 is 4.74 Å². The highest BCUT2D eigenvalue weighted by atomic mass is 16.5. The number of hydrogen-bond acceptors (Lipinski definition) is 3. The van der Waals surface area contributed by atoms with Gasteiger partial charge in [-0.15, -0.1) is 0 Å². The minimum atomic E-state index is -0.0805. The monoisotopic (exact) mass is 235 g/mol. The summed E-state index contributed by atoms with van der Waals surface area (Å²) in [6, 6.07) is 7.60. The lowest BCUT2D eigenvalue weighted by Gasteiger charge is -2.17. The molecule has 92 valence electrons. The molecule has 0 saturated heterocycles. The molecule has 0 aromatic heterocycles. The number of aliphatic hydroxyl groups is 1. The Hall–Kier alpha value is -1.55. The van der Waals surface area contributed by atoms with Crippen LogP contribution in [0.15, 0.2) is 24.3 Å². The molecule has 1 saturated carbocycles. The topological polar surface area (TPSA) is 49.8 Å². The lowest BCUT2D eigenvalue weighted by atomic mass is 10.2. The fourth-order valence-corrected chi connectivity index (χ4v) is 1.68. The third kappa shape index (κ3) is 2.97. The molecule has 4 nitrogen and oxygen atoms in total. The number of hydrogen-bond donors (Lipinski definition) is 1. The van der Waals surface area contributed by atoms with Crippen molar-refractivity contribution in [3.8, 4) is 5.75 Å². The van der Waals surface area contributed by atoms with Gasteiger partial charge in [0.2, 0.25) is 0 Å². The smallest absolute Gasteiger partial charge is 0.260 e. The number of likely N-dealkylation sites (N-methyl/N-ethyl adjacent to an activating group) is 1. The summed E-state index contributed by atoms with van der Waals surface area (Å²) in [5.41, 5.74) is 0.703. The highest BCUT2D eigenvalue weighted by molar-refractivity contribution is 5.78. The molecule has 0 spiro atoms. The van der Waals surface area contributed by atoms with Crippen molar-refractivity contribution in [1.29, 1.82) is 0 Å². The Kier molecular flexibility index (Phi) is 3.64. The zero-order valence-electron chi connectivity index (χ0n) is 9.93. The second kappa shape index (κ2) is 5.19. The van der Waals surface area contributed by atoms with E-state index >= 15 is 0 Å². The highest BCUT2D eigenvalue weighted by Gasteiger charge is 2.29. The summed E-state index contributed by atoms with van der Waals surface area (Å²) >= 11 is 0. The zero-order valence-corrected chi connectivity index (χ0v) is 9.93. The summed E-state index contributed by atoms with van der Waals surface area (Å²) in [5.74, 6) is 0.563. The van der Waals surface area contributed by atoms with Gasteiger partial charge in [-0.25, -0.2) is 0 Å². The van der Waals surface area contributed by atoms with Crippen molar-refractivity contribution in [3.63, 3.8) is 0 Å². The van der Waals surface area contributed by atoms with E-state index in [1.165, 1.54) is 0 Å². The van der Waals surface area contributed by atoms with Gasteiger partial charge in [-0.2, -0.15) is 0 Å². The fourth-order valence-electron chi connectivity index (χ4n) is 1.68. The molecular formula is C13H17NO3. The Morgan fingerprint density at radius 3 is 2.82 bits per heavy atom. The Balaban J connectivity index is 1.90. The molecule has 17 heavy (non-hydrogen) atoms. The Labute approximate surface area is 101 Å². The molecule has 1 amide bonds. The fraction of sp³-hybridized carbons (Fsp3) is 0.462. The van der Waals surface area contributed by atoms with Gasteiger partial charge in [0.15, 0.2) is 6.61 Å². The number of para-hydroxylation sites is 1. The quantitative estimate of drug-likeness (QED) is 0.833. The first-order chi connectivity index (χ1) is 8.22. The van der Waals surface area contributed by atoms with E-state index in [0.717, 1.165) is 12.8 Å². The van der Waals surface area contributed by atoms with Crippen molar-refractivity contribution in [2.24, 2.45) is 0 Å². The molecule has 1 N–H and O–H groups in total. The van der Waals surface area contributed by atoms with E-state index in [-0.39, 0.29) is 19.1 Å². The molecule has 1 aromatic carbocycles. The maximum atomic E-state index is 11.7. The third-order valence-corrected chi connectivity index (χ3v) is 2.98. The predicted molar refractivity (Wildman–Crippen MR) is 63.7 cm³/mol. The number of benzene rings is 1. The molecule has 1 aromatic rings. The molecular weight excluding hydrogens is 218 g/mol. The summed E-state index contributed by atoms with van der Waals surface area (Å²) in [6.07, 6.45) is 2.19. The van der Waals surface area contributed by atoms with Gasteiger partial charge in [0, 0.05) is 18.7 Å². The SMILES string of the molecule is CN(C(=O)COc1ccccc1CO)C1CC1. The number of aliphatic hydroxyl groups excluding tert-OH is 1. The van der Waals surface area contributed by atoms with Crippen LogP contribution >= 0.6 is 0 Å². The van der Waals surface area contributed by atoms with E-state index in [9.17, 15) is 4.79 Å². The van der Waals surface area contributed by atoms with Gasteiger partial charge in [0.05, 0.1) is 6.61 Å². The van der Waals surface area contributed by atoms with Crippen LogP contribution in [0, 0.1) is 0 Å². The summed E-state index contributed by atoms with van der Waals surface area (Å²) in [4.78, 5) is 13.5. The van der Waals surface area contributed by atoms with Crippen molar-refractivity contribution < 1.29 is 14.6 Å². The minimum absolute atomic E-state index is 0.0137. The van der Waals surface area contributed by atoms with E-state index in [1.807, 2.05) is 12.1 Å². The average Bonchev–Trinajstić information content (AvgIpc) is 3.19. The number of nitrogens with zero attached hydrogens (tertiary/aromatic N) is 1. The first kappa shape index (κ1) is 11.9. The maximum absolute atomic E-state index is 11.7. The van der Waals surface area contributed by atoms with Crippen LogP contribution in [0.5, 0.6) is 5.75 Å². The molecule has 0 radical (unpaired) electrons. The van der Waals surface area contributed by atoms with E-state index in [4.69, 9.17) is 9.84 Å². The number of carbonyl (C=O) groups excluding carboxylic acids is 1. The van der Waals surface area contributed by atoms with Gasteiger partial charge in [-0.3, -0.25) is 4.79 Å². The Bertz CT molecular complexity index is 401. The Morgan fingerprint density at radius 1 is 1.47 bits per heavy atom. The van der Waals surface area contributed by atoms with Crippen LogP contribution in [-0.4, -0.2) is 35.6 Å². The lowest BCUT2D eigenvalue weighted by molar-refractivity contribution is -0.132. The van der Waals surface area contributed by atoms with Crippen LogP contribution in [0.3, 0.4) is 0 Å². The molecule has 0 unspecified atom stereocenters. The average molecular weight is 235 g/mol. The molecule has 1 aliphatic carbocycles. The van der Waals surface area contributed by atoms with E-state index < -0.39 is 0 Å². The standard InChI is InChI=1S/C13H17NO3/c1-14(11-6-7-11)13(16)9-17-12-5-3-2-4-10(12)8-15/h2-5,11,15H,6-9H2,1H3. The van der Waals surface area contributed by atoms with E-state index in [1.54, 1.807) is 24.1 Å². The van der Waals surface area contributed by atoms with E-state index in [0.29, 0.717) is 17.4 Å². The first-order valence-electron chi connectivity index (χ1n) is 5.79. The number of ether oxygens (including phenoxy) is 1. The van der Waals surface area contributed by atoms with Gasteiger partial charge in [0.25, 0.3) is 5.91 Å². The summed E-state index contributed by atoms with van der Waals surface area (Å²) < 4.78 is 5.44. The molecule has 0 aliphatic heterocycles. The van der Waals surface area contributed by atoms with Crippen molar-refractivity contribution in [3.05, 3.63) is 29.8 Å². The maximum Gasteiger partial charge on any atom is 0.260 e. The second-order valence-corrected chi connectivity index (χ2v) is 4.29. The number of rotatable bonds is 5. The lowest BCUT2D eigenvalue weighted by Crippen LogP contribution is -2.33. The first-order valence-corrected chi connectivity index (χ1v) is 5.79. The van der Waals surface area contributed by atoms with Gasteiger partial charge in [-0.1, -0.05) is 18.2 Å². The van der Waals surface area contributed by atoms with Gasteiger partial charge < -0.3 is 14.7 Å².